The number of fused-ring (bicyclic) bond motifs is 1. The molecule has 25 heavy (non-hydrogen) atoms. The molecular formula is C19H31O5Rb. The Morgan fingerprint density at radius 2 is 1.40 bits per heavy atom. The Bertz CT molecular complexity index is 481. The van der Waals surface area contributed by atoms with Crippen LogP contribution in [0.15, 0.2) is 12.1 Å². The Kier molecular flexibility index (Phi) is 13.7. The van der Waals surface area contributed by atoms with Crippen LogP contribution in [0.4, 0.5) is 0 Å². The Labute approximate surface area is 200 Å². The van der Waals surface area contributed by atoms with Gasteiger partial charge in [0.1, 0.15) is 0 Å². The molecule has 0 saturated carbocycles. The van der Waals surface area contributed by atoms with Crippen LogP contribution >= 0.6 is 0 Å². The van der Waals surface area contributed by atoms with Gasteiger partial charge in [-0.15, -0.1) is 0 Å². The molecule has 0 aliphatic carbocycles. The Hall–Kier alpha value is 0.505. The normalized spacial score (nSPS) is 12.2. The van der Waals surface area contributed by atoms with Gasteiger partial charge in [0.15, 0.2) is 11.5 Å². The van der Waals surface area contributed by atoms with Crippen molar-refractivity contribution in [1.82, 2.24) is 0 Å². The van der Waals surface area contributed by atoms with Crippen molar-refractivity contribution in [2.24, 2.45) is 0 Å². The molecule has 138 valence electrons. The van der Waals surface area contributed by atoms with Crippen LogP contribution in [-0.4, -0.2) is 98.0 Å². The van der Waals surface area contributed by atoms with Crippen molar-refractivity contribution in [3.63, 3.8) is 0 Å². The van der Waals surface area contributed by atoms with Gasteiger partial charge in [0.2, 0.25) is 6.79 Å². The first-order valence-electron chi connectivity index (χ1n) is 8.99. The number of unbranched alkanes of at least 4 members (excludes halogenated alkanes) is 1. The van der Waals surface area contributed by atoms with Gasteiger partial charge in [-0.2, -0.15) is 0 Å². The van der Waals surface area contributed by atoms with Crippen molar-refractivity contribution in [3.8, 4) is 11.5 Å². The van der Waals surface area contributed by atoms with Gasteiger partial charge in [-0.3, -0.25) is 0 Å². The molecule has 0 atom stereocenters. The summed E-state index contributed by atoms with van der Waals surface area (Å²) in [5, 5.41) is 0. The van der Waals surface area contributed by atoms with Gasteiger partial charge in [0.25, 0.3) is 0 Å². The molecule has 1 aromatic rings. The second-order valence-electron chi connectivity index (χ2n) is 5.86. The van der Waals surface area contributed by atoms with E-state index >= 15 is 0 Å². The fraction of sp³-hybridized carbons (Fsp3) is 0.684. The van der Waals surface area contributed by atoms with Gasteiger partial charge < -0.3 is 23.7 Å². The summed E-state index contributed by atoms with van der Waals surface area (Å²) in [6, 6.07) is 4.12. The van der Waals surface area contributed by atoms with Crippen LogP contribution in [0.1, 0.15) is 44.2 Å². The molecule has 0 aromatic heterocycles. The fourth-order valence-corrected chi connectivity index (χ4v) is 2.53. The molecule has 1 aliphatic heterocycles. The number of benzene rings is 1. The molecule has 0 spiro atoms. The first kappa shape index (κ1) is 23.5. The summed E-state index contributed by atoms with van der Waals surface area (Å²) >= 11 is 0. The molecule has 0 saturated heterocycles. The minimum atomic E-state index is 0. The summed E-state index contributed by atoms with van der Waals surface area (Å²) in [7, 11) is 0. The van der Waals surface area contributed by atoms with Gasteiger partial charge >= 0.3 is 58.2 Å². The zero-order valence-corrected chi connectivity index (χ0v) is 15.0. The number of aryl methyl sites for hydroxylation is 1. The van der Waals surface area contributed by atoms with Crippen molar-refractivity contribution in [1.29, 1.82) is 0 Å². The summed E-state index contributed by atoms with van der Waals surface area (Å²) < 4.78 is 27.6. The third kappa shape index (κ3) is 8.82. The summed E-state index contributed by atoms with van der Waals surface area (Å²) in [5.74, 6) is 1.66. The number of hydrogen-bond acceptors (Lipinski definition) is 5. The van der Waals surface area contributed by atoms with E-state index < -0.39 is 0 Å². The Balaban J connectivity index is 0.00000312. The quantitative estimate of drug-likeness (QED) is 0.455. The van der Waals surface area contributed by atoms with Crippen molar-refractivity contribution >= 4 is 58.2 Å². The number of ether oxygens (including phenoxy) is 5. The van der Waals surface area contributed by atoms with Gasteiger partial charge in [-0.05, 0) is 36.1 Å². The summed E-state index contributed by atoms with van der Waals surface area (Å²) in [4.78, 5) is 0. The molecule has 6 heteroatoms. The fourth-order valence-electron chi connectivity index (χ4n) is 2.53. The van der Waals surface area contributed by atoms with Crippen molar-refractivity contribution in [3.05, 3.63) is 23.3 Å². The second kappa shape index (κ2) is 14.5. The van der Waals surface area contributed by atoms with Crippen LogP contribution in [0.25, 0.3) is 0 Å². The van der Waals surface area contributed by atoms with Gasteiger partial charge in [-0.25, -0.2) is 0 Å². The Morgan fingerprint density at radius 1 is 0.800 bits per heavy atom. The standard InChI is InChI=1S/C19H30O5.Rb.H/c1-3-5-7-20-8-9-21-10-11-22-14-17-13-19-18(23-15-24-19)12-16(17)6-4-2;;/h12-13H,3-11,14-15H2,1-2H3;;. The molecule has 0 bridgehead atoms. The van der Waals surface area contributed by atoms with Crippen LogP contribution in [0.5, 0.6) is 11.5 Å². The van der Waals surface area contributed by atoms with E-state index in [0.717, 1.165) is 43.8 Å². The number of rotatable bonds is 13. The molecule has 1 aliphatic rings. The van der Waals surface area contributed by atoms with Gasteiger partial charge in [0, 0.05) is 6.61 Å². The van der Waals surface area contributed by atoms with E-state index in [0.29, 0.717) is 39.8 Å². The van der Waals surface area contributed by atoms with Crippen molar-refractivity contribution in [2.45, 2.75) is 46.1 Å². The van der Waals surface area contributed by atoms with Crippen LogP contribution < -0.4 is 9.47 Å². The summed E-state index contributed by atoms with van der Waals surface area (Å²) in [5.41, 5.74) is 2.44. The molecule has 1 heterocycles. The molecule has 5 nitrogen and oxygen atoms in total. The molecule has 0 N–H and O–H groups in total. The van der Waals surface area contributed by atoms with E-state index in [2.05, 4.69) is 19.9 Å². The molecule has 2 rings (SSSR count). The van der Waals surface area contributed by atoms with Crippen LogP contribution in [0.3, 0.4) is 0 Å². The average Bonchev–Trinajstić information content (AvgIpc) is 3.04. The number of hydrogen-bond donors (Lipinski definition) is 0. The SMILES string of the molecule is CCCCOCCOCCOCc1cc2c(cc1CCC)OCO2.[RbH]. The molecule has 1 aromatic carbocycles. The average molecular weight is 425 g/mol. The maximum absolute atomic E-state index is 5.75. The summed E-state index contributed by atoms with van der Waals surface area (Å²) in [6.45, 7) is 8.47. The Morgan fingerprint density at radius 3 is 2.04 bits per heavy atom. The zero-order valence-electron chi connectivity index (χ0n) is 15.0. The third-order valence-electron chi connectivity index (χ3n) is 3.86. The van der Waals surface area contributed by atoms with Crippen molar-refractivity contribution in [2.75, 3.05) is 39.8 Å². The molecular weight excluding hydrogens is 394 g/mol. The van der Waals surface area contributed by atoms with E-state index in [1.165, 1.54) is 11.1 Å². The zero-order chi connectivity index (χ0) is 17.0. The van der Waals surface area contributed by atoms with E-state index in [1.54, 1.807) is 0 Å². The van der Waals surface area contributed by atoms with Gasteiger partial charge in [0.05, 0.1) is 33.0 Å². The third-order valence-corrected chi connectivity index (χ3v) is 3.86. The second-order valence-corrected chi connectivity index (χ2v) is 5.86. The molecule has 0 radical (unpaired) electrons. The molecule has 0 amide bonds. The van der Waals surface area contributed by atoms with Crippen LogP contribution in [-0.2, 0) is 27.2 Å². The molecule has 0 unspecified atom stereocenters. The topological polar surface area (TPSA) is 46.2 Å². The predicted octanol–water partition coefficient (Wildman–Crippen LogP) is 3.07. The van der Waals surface area contributed by atoms with Gasteiger partial charge in [-0.1, -0.05) is 26.7 Å². The predicted molar refractivity (Wildman–Crippen MR) is 99.9 cm³/mol. The van der Waals surface area contributed by atoms with Crippen LogP contribution in [0, 0.1) is 0 Å². The summed E-state index contributed by atoms with van der Waals surface area (Å²) in [6.07, 6.45) is 4.38. The minimum absolute atomic E-state index is 0. The molecule has 0 fully saturated rings. The monoisotopic (exact) mass is 424 g/mol. The maximum atomic E-state index is 5.75. The van der Waals surface area contributed by atoms with E-state index in [9.17, 15) is 0 Å². The first-order chi connectivity index (χ1) is 11.8. The van der Waals surface area contributed by atoms with E-state index in [-0.39, 0.29) is 58.2 Å². The van der Waals surface area contributed by atoms with Crippen LogP contribution in [0.2, 0.25) is 0 Å². The van der Waals surface area contributed by atoms with E-state index in [1.807, 2.05) is 6.07 Å². The van der Waals surface area contributed by atoms with Crippen molar-refractivity contribution < 1.29 is 23.7 Å². The first-order valence-corrected chi connectivity index (χ1v) is 8.99. The van der Waals surface area contributed by atoms with E-state index in [4.69, 9.17) is 23.7 Å².